The molecule has 1 fully saturated rings. The van der Waals surface area contributed by atoms with Crippen molar-refractivity contribution in [1.82, 2.24) is 10.2 Å². The van der Waals surface area contributed by atoms with E-state index < -0.39 is 0 Å². The molecule has 0 aromatic carbocycles. The fraction of sp³-hybridized carbons (Fsp3) is 0.929. The summed E-state index contributed by atoms with van der Waals surface area (Å²) in [5, 5.41) is 3.34. The molecular formula is C14H30N4. The van der Waals surface area contributed by atoms with E-state index in [0.717, 1.165) is 19.5 Å². The zero-order chi connectivity index (χ0) is 13.4. The van der Waals surface area contributed by atoms with Crippen molar-refractivity contribution in [2.24, 2.45) is 10.7 Å². The van der Waals surface area contributed by atoms with Crippen molar-refractivity contribution in [2.75, 3.05) is 20.1 Å². The first-order chi connectivity index (χ1) is 8.59. The van der Waals surface area contributed by atoms with Gasteiger partial charge in [-0.15, -0.1) is 0 Å². The normalized spacial score (nSPS) is 18.6. The van der Waals surface area contributed by atoms with Gasteiger partial charge >= 0.3 is 0 Å². The predicted octanol–water partition coefficient (Wildman–Crippen LogP) is 1.95. The van der Waals surface area contributed by atoms with Gasteiger partial charge in [0.15, 0.2) is 5.96 Å². The van der Waals surface area contributed by atoms with Crippen LogP contribution in [-0.4, -0.2) is 43.1 Å². The number of nitrogens with two attached hydrogens (primary N) is 1. The summed E-state index contributed by atoms with van der Waals surface area (Å²) in [7, 11) is 2.15. The summed E-state index contributed by atoms with van der Waals surface area (Å²) in [6.07, 6.45) is 7.57. The summed E-state index contributed by atoms with van der Waals surface area (Å²) < 4.78 is 0. The van der Waals surface area contributed by atoms with E-state index in [1.807, 2.05) is 0 Å². The maximum Gasteiger partial charge on any atom is 0.188 e. The molecule has 0 amide bonds. The molecule has 4 heteroatoms. The summed E-state index contributed by atoms with van der Waals surface area (Å²) in [6.45, 7) is 6.32. The van der Waals surface area contributed by atoms with E-state index in [4.69, 9.17) is 5.73 Å². The molecule has 0 bridgehead atoms. The van der Waals surface area contributed by atoms with Gasteiger partial charge in [0.1, 0.15) is 0 Å². The van der Waals surface area contributed by atoms with Crippen LogP contribution in [-0.2, 0) is 0 Å². The van der Waals surface area contributed by atoms with Crippen LogP contribution >= 0.6 is 0 Å². The molecule has 18 heavy (non-hydrogen) atoms. The van der Waals surface area contributed by atoms with Crippen LogP contribution in [0.25, 0.3) is 0 Å². The lowest BCUT2D eigenvalue weighted by atomic mass is 9.96. The molecule has 1 saturated carbocycles. The highest BCUT2D eigenvalue weighted by atomic mass is 15.1. The van der Waals surface area contributed by atoms with Gasteiger partial charge in [-0.05, 0) is 46.7 Å². The van der Waals surface area contributed by atoms with Crippen LogP contribution in [0.15, 0.2) is 4.99 Å². The van der Waals surface area contributed by atoms with E-state index in [1.165, 1.54) is 32.1 Å². The largest absolute Gasteiger partial charge is 0.370 e. The fourth-order valence-corrected chi connectivity index (χ4v) is 2.28. The van der Waals surface area contributed by atoms with E-state index in [-0.39, 0.29) is 0 Å². The van der Waals surface area contributed by atoms with Crippen molar-refractivity contribution in [3.63, 3.8) is 0 Å². The third-order valence-electron chi connectivity index (χ3n) is 3.79. The molecule has 0 spiro atoms. The molecule has 0 aromatic rings. The Morgan fingerprint density at radius 3 is 2.61 bits per heavy atom. The number of guanidine groups is 1. The van der Waals surface area contributed by atoms with Crippen molar-refractivity contribution in [2.45, 2.75) is 64.5 Å². The standard InChI is InChI=1S/C14H30N4/c1-12(2)18(3)11-7-10-16-14(15)17-13-8-5-4-6-9-13/h12-13H,4-11H2,1-3H3,(H3,15,16,17). The molecule has 0 saturated heterocycles. The number of rotatable bonds is 6. The van der Waals surface area contributed by atoms with E-state index in [2.05, 4.69) is 36.1 Å². The van der Waals surface area contributed by atoms with Crippen LogP contribution in [0.2, 0.25) is 0 Å². The van der Waals surface area contributed by atoms with E-state index in [9.17, 15) is 0 Å². The Hall–Kier alpha value is -0.770. The SMILES string of the molecule is CC(C)N(C)CCCN=C(N)NC1CCCCC1. The summed E-state index contributed by atoms with van der Waals surface area (Å²) in [4.78, 5) is 6.74. The fourth-order valence-electron chi connectivity index (χ4n) is 2.28. The zero-order valence-corrected chi connectivity index (χ0v) is 12.3. The van der Waals surface area contributed by atoms with Crippen LogP contribution in [0.4, 0.5) is 0 Å². The molecule has 0 atom stereocenters. The van der Waals surface area contributed by atoms with Crippen LogP contribution in [0, 0.1) is 0 Å². The molecule has 1 rings (SSSR count). The molecule has 1 aliphatic rings. The minimum atomic E-state index is 0.556. The Morgan fingerprint density at radius 1 is 1.33 bits per heavy atom. The van der Waals surface area contributed by atoms with Crippen molar-refractivity contribution in [3.8, 4) is 0 Å². The number of aliphatic imine (C=N–C) groups is 1. The smallest absolute Gasteiger partial charge is 0.188 e. The third-order valence-corrected chi connectivity index (χ3v) is 3.79. The van der Waals surface area contributed by atoms with E-state index in [1.54, 1.807) is 0 Å². The quantitative estimate of drug-likeness (QED) is 0.433. The molecular weight excluding hydrogens is 224 g/mol. The second-order valence-corrected chi connectivity index (χ2v) is 5.67. The molecule has 0 aromatic heterocycles. The summed E-state index contributed by atoms with van der Waals surface area (Å²) in [5.74, 6) is 0.633. The van der Waals surface area contributed by atoms with Crippen LogP contribution in [0.5, 0.6) is 0 Å². The minimum Gasteiger partial charge on any atom is -0.370 e. The molecule has 0 aliphatic heterocycles. The Balaban J connectivity index is 2.13. The molecule has 0 unspecified atom stereocenters. The van der Waals surface area contributed by atoms with E-state index >= 15 is 0 Å². The number of nitrogens with zero attached hydrogens (tertiary/aromatic N) is 2. The summed E-state index contributed by atoms with van der Waals surface area (Å²) in [5.41, 5.74) is 5.91. The van der Waals surface area contributed by atoms with Gasteiger partial charge in [-0.3, -0.25) is 4.99 Å². The third kappa shape index (κ3) is 6.24. The topological polar surface area (TPSA) is 53.6 Å². The van der Waals surface area contributed by atoms with Crippen LogP contribution in [0.3, 0.4) is 0 Å². The highest BCUT2D eigenvalue weighted by Crippen LogP contribution is 2.16. The Morgan fingerprint density at radius 2 is 2.00 bits per heavy atom. The molecule has 0 radical (unpaired) electrons. The first-order valence-electron chi connectivity index (χ1n) is 7.36. The number of hydrogen-bond donors (Lipinski definition) is 2. The Kier molecular flexibility index (Phi) is 7.09. The summed E-state index contributed by atoms with van der Waals surface area (Å²) >= 11 is 0. The monoisotopic (exact) mass is 254 g/mol. The number of nitrogens with one attached hydrogen (secondary N) is 1. The van der Waals surface area contributed by atoms with Gasteiger partial charge in [0.05, 0.1) is 0 Å². The van der Waals surface area contributed by atoms with Gasteiger partial charge in [0.2, 0.25) is 0 Å². The minimum absolute atomic E-state index is 0.556. The molecule has 106 valence electrons. The molecule has 1 aliphatic carbocycles. The van der Waals surface area contributed by atoms with Crippen LogP contribution in [0.1, 0.15) is 52.4 Å². The van der Waals surface area contributed by atoms with Crippen LogP contribution < -0.4 is 11.1 Å². The maximum atomic E-state index is 5.91. The zero-order valence-electron chi connectivity index (χ0n) is 12.3. The highest BCUT2D eigenvalue weighted by Gasteiger charge is 2.13. The lowest BCUT2D eigenvalue weighted by molar-refractivity contribution is 0.272. The maximum absolute atomic E-state index is 5.91. The second kappa shape index (κ2) is 8.35. The average molecular weight is 254 g/mol. The van der Waals surface area contributed by atoms with E-state index in [0.29, 0.717) is 18.0 Å². The van der Waals surface area contributed by atoms with Crippen molar-refractivity contribution < 1.29 is 0 Å². The lowest BCUT2D eigenvalue weighted by Gasteiger charge is -2.23. The van der Waals surface area contributed by atoms with Gasteiger partial charge in [-0.2, -0.15) is 0 Å². The first kappa shape index (κ1) is 15.3. The van der Waals surface area contributed by atoms with Gasteiger partial charge in [-0.1, -0.05) is 19.3 Å². The summed E-state index contributed by atoms with van der Waals surface area (Å²) in [6, 6.07) is 1.16. The van der Waals surface area contributed by atoms with Crippen molar-refractivity contribution in [3.05, 3.63) is 0 Å². The van der Waals surface area contributed by atoms with Gasteiger partial charge in [-0.25, -0.2) is 0 Å². The van der Waals surface area contributed by atoms with Crippen molar-refractivity contribution in [1.29, 1.82) is 0 Å². The van der Waals surface area contributed by atoms with Gasteiger partial charge < -0.3 is 16.0 Å². The highest BCUT2D eigenvalue weighted by molar-refractivity contribution is 5.78. The number of hydrogen-bond acceptors (Lipinski definition) is 2. The first-order valence-corrected chi connectivity index (χ1v) is 7.36. The molecule has 4 nitrogen and oxygen atoms in total. The second-order valence-electron chi connectivity index (χ2n) is 5.67. The van der Waals surface area contributed by atoms with Crippen molar-refractivity contribution >= 4 is 5.96 Å². The van der Waals surface area contributed by atoms with Gasteiger partial charge in [0, 0.05) is 18.6 Å². The molecule has 3 N–H and O–H groups in total. The Bertz CT molecular complexity index is 244. The predicted molar refractivity (Wildman–Crippen MR) is 78.9 cm³/mol. The average Bonchev–Trinajstić information content (AvgIpc) is 2.35. The Labute approximate surface area is 112 Å². The van der Waals surface area contributed by atoms with Gasteiger partial charge in [0.25, 0.3) is 0 Å². The molecule has 0 heterocycles. The lowest BCUT2D eigenvalue weighted by Crippen LogP contribution is -2.41.